The molecule has 0 aliphatic carbocycles. The fourth-order valence-corrected chi connectivity index (χ4v) is 2.33. The Morgan fingerprint density at radius 3 is 2.43 bits per heavy atom. The largest absolute Gasteiger partial charge is 0.508 e. The first-order valence-corrected chi connectivity index (χ1v) is 7.04. The number of ether oxygens (including phenoxy) is 1. The average molecular weight is 292 g/mol. The SMILES string of the molecule is CCOC(=O)N1CCN(C(=O)c2cccc(O)c2C)CC1. The molecular weight excluding hydrogens is 272 g/mol. The van der Waals surface area contributed by atoms with Gasteiger partial charge in [-0.2, -0.15) is 0 Å². The van der Waals surface area contributed by atoms with Crippen LogP contribution in [0.4, 0.5) is 4.79 Å². The fraction of sp³-hybridized carbons (Fsp3) is 0.467. The molecule has 6 nitrogen and oxygen atoms in total. The minimum atomic E-state index is -0.335. The van der Waals surface area contributed by atoms with Crippen molar-refractivity contribution in [3.8, 4) is 5.75 Å². The topological polar surface area (TPSA) is 70.1 Å². The van der Waals surface area contributed by atoms with Gasteiger partial charge in [0.15, 0.2) is 0 Å². The maximum Gasteiger partial charge on any atom is 0.409 e. The molecule has 0 atom stereocenters. The van der Waals surface area contributed by atoms with E-state index in [9.17, 15) is 14.7 Å². The van der Waals surface area contributed by atoms with Gasteiger partial charge in [-0.25, -0.2) is 4.79 Å². The van der Waals surface area contributed by atoms with Crippen molar-refractivity contribution in [3.63, 3.8) is 0 Å². The quantitative estimate of drug-likeness (QED) is 0.899. The Morgan fingerprint density at radius 1 is 1.19 bits per heavy atom. The maximum atomic E-state index is 12.5. The Kier molecular flexibility index (Phi) is 4.67. The molecule has 1 aromatic rings. The van der Waals surface area contributed by atoms with Gasteiger partial charge >= 0.3 is 6.09 Å². The van der Waals surface area contributed by atoms with Gasteiger partial charge in [-0.3, -0.25) is 4.79 Å². The third-order valence-corrected chi connectivity index (χ3v) is 3.63. The molecule has 1 aliphatic rings. The zero-order valence-corrected chi connectivity index (χ0v) is 12.3. The number of benzene rings is 1. The van der Waals surface area contributed by atoms with E-state index < -0.39 is 0 Å². The first-order valence-electron chi connectivity index (χ1n) is 7.04. The first-order chi connectivity index (χ1) is 10.0. The second kappa shape index (κ2) is 6.47. The van der Waals surface area contributed by atoms with Crippen LogP contribution in [0.1, 0.15) is 22.8 Å². The number of nitrogens with zero attached hydrogens (tertiary/aromatic N) is 2. The Balaban J connectivity index is 2.00. The van der Waals surface area contributed by atoms with Crippen LogP contribution in [-0.4, -0.2) is 59.7 Å². The summed E-state index contributed by atoms with van der Waals surface area (Å²) in [7, 11) is 0. The third-order valence-electron chi connectivity index (χ3n) is 3.63. The zero-order valence-electron chi connectivity index (χ0n) is 12.3. The lowest BCUT2D eigenvalue weighted by molar-refractivity contribution is 0.0569. The second-order valence-corrected chi connectivity index (χ2v) is 4.93. The van der Waals surface area contributed by atoms with Gasteiger partial charge in [-0.15, -0.1) is 0 Å². The number of phenolic OH excluding ortho intramolecular Hbond substituents is 1. The molecule has 0 aromatic heterocycles. The molecule has 21 heavy (non-hydrogen) atoms. The minimum Gasteiger partial charge on any atom is -0.508 e. The number of piperazine rings is 1. The van der Waals surface area contributed by atoms with Crippen LogP contribution >= 0.6 is 0 Å². The van der Waals surface area contributed by atoms with Crippen LogP contribution < -0.4 is 0 Å². The number of aromatic hydroxyl groups is 1. The monoisotopic (exact) mass is 292 g/mol. The summed E-state index contributed by atoms with van der Waals surface area (Å²) in [4.78, 5) is 27.4. The van der Waals surface area contributed by atoms with Gasteiger partial charge in [0, 0.05) is 37.3 Å². The second-order valence-electron chi connectivity index (χ2n) is 4.93. The van der Waals surface area contributed by atoms with Crippen LogP contribution in [0.25, 0.3) is 0 Å². The predicted molar refractivity (Wildman–Crippen MR) is 77.3 cm³/mol. The van der Waals surface area contributed by atoms with Gasteiger partial charge in [0.2, 0.25) is 0 Å². The molecule has 114 valence electrons. The van der Waals surface area contributed by atoms with Crippen LogP contribution in [0.3, 0.4) is 0 Å². The fourth-order valence-electron chi connectivity index (χ4n) is 2.33. The average Bonchev–Trinajstić information content (AvgIpc) is 2.50. The number of carbonyl (C=O) groups excluding carboxylic acids is 2. The molecule has 0 radical (unpaired) electrons. The van der Waals surface area contributed by atoms with Crippen LogP contribution in [0, 0.1) is 6.92 Å². The van der Waals surface area contributed by atoms with E-state index in [-0.39, 0.29) is 17.7 Å². The van der Waals surface area contributed by atoms with Crippen molar-refractivity contribution in [2.75, 3.05) is 32.8 Å². The van der Waals surface area contributed by atoms with Crippen molar-refractivity contribution < 1.29 is 19.4 Å². The Hall–Kier alpha value is -2.24. The van der Waals surface area contributed by atoms with Crippen molar-refractivity contribution in [2.24, 2.45) is 0 Å². The van der Waals surface area contributed by atoms with E-state index in [1.807, 2.05) is 0 Å². The molecule has 1 fully saturated rings. The molecule has 2 amide bonds. The van der Waals surface area contributed by atoms with E-state index in [0.29, 0.717) is 43.9 Å². The summed E-state index contributed by atoms with van der Waals surface area (Å²) >= 11 is 0. The number of amides is 2. The summed E-state index contributed by atoms with van der Waals surface area (Å²) in [6.07, 6.45) is -0.335. The molecular formula is C15H20N2O4. The molecule has 1 aliphatic heterocycles. The lowest BCUT2D eigenvalue weighted by atomic mass is 10.1. The number of phenols is 1. The highest BCUT2D eigenvalue weighted by molar-refractivity contribution is 5.96. The third kappa shape index (κ3) is 3.26. The predicted octanol–water partition coefficient (Wildman–Crippen LogP) is 1.61. The van der Waals surface area contributed by atoms with E-state index >= 15 is 0 Å². The van der Waals surface area contributed by atoms with Gasteiger partial charge in [-0.05, 0) is 26.0 Å². The van der Waals surface area contributed by atoms with Crippen molar-refractivity contribution >= 4 is 12.0 Å². The number of rotatable bonds is 2. The molecule has 6 heteroatoms. The maximum absolute atomic E-state index is 12.5. The molecule has 0 saturated carbocycles. The standard InChI is InChI=1S/C15H20N2O4/c1-3-21-15(20)17-9-7-16(8-10-17)14(19)12-5-4-6-13(18)11(12)2/h4-6,18H,3,7-10H2,1-2H3. The highest BCUT2D eigenvalue weighted by atomic mass is 16.6. The molecule has 0 bridgehead atoms. The highest BCUT2D eigenvalue weighted by Crippen LogP contribution is 2.21. The van der Waals surface area contributed by atoms with E-state index in [1.54, 1.807) is 41.8 Å². The summed E-state index contributed by atoms with van der Waals surface area (Å²) < 4.78 is 4.95. The molecule has 0 spiro atoms. The van der Waals surface area contributed by atoms with Crippen molar-refractivity contribution in [1.29, 1.82) is 0 Å². The summed E-state index contributed by atoms with van der Waals surface area (Å²) in [6, 6.07) is 4.92. The molecule has 2 rings (SSSR count). The van der Waals surface area contributed by atoms with Crippen LogP contribution in [0.5, 0.6) is 5.75 Å². The van der Waals surface area contributed by atoms with E-state index in [4.69, 9.17) is 4.74 Å². The first kappa shape index (κ1) is 15.2. The van der Waals surface area contributed by atoms with Crippen LogP contribution in [-0.2, 0) is 4.74 Å². The number of hydrogen-bond donors (Lipinski definition) is 1. The molecule has 1 heterocycles. The molecule has 1 N–H and O–H groups in total. The van der Waals surface area contributed by atoms with Crippen LogP contribution in [0.15, 0.2) is 18.2 Å². The molecule has 1 saturated heterocycles. The Bertz CT molecular complexity index is 536. The Morgan fingerprint density at radius 2 is 1.81 bits per heavy atom. The summed E-state index contributed by atoms with van der Waals surface area (Å²) in [5.74, 6) is -0.00193. The van der Waals surface area contributed by atoms with Gasteiger partial charge < -0.3 is 19.6 Å². The summed E-state index contributed by atoms with van der Waals surface area (Å²) in [5.41, 5.74) is 1.08. The molecule has 1 aromatic carbocycles. The number of hydrogen-bond acceptors (Lipinski definition) is 4. The van der Waals surface area contributed by atoms with E-state index in [2.05, 4.69) is 0 Å². The number of carbonyl (C=O) groups is 2. The lowest BCUT2D eigenvalue weighted by Crippen LogP contribution is -2.50. The van der Waals surface area contributed by atoms with Gasteiger partial charge in [0.25, 0.3) is 5.91 Å². The normalized spacial score (nSPS) is 15.0. The van der Waals surface area contributed by atoms with Gasteiger partial charge in [0.05, 0.1) is 6.61 Å². The zero-order chi connectivity index (χ0) is 15.4. The summed E-state index contributed by atoms with van der Waals surface area (Å²) in [5, 5.41) is 9.68. The van der Waals surface area contributed by atoms with Crippen LogP contribution in [0.2, 0.25) is 0 Å². The lowest BCUT2D eigenvalue weighted by Gasteiger charge is -2.34. The van der Waals surface area contributed by atoms with Gasteiger partial charge in [-0.1, -0.05) is 6.07 Å². The van der Waals surface area contributed by atoms with E-state index in [1.165, 1.54) is 0 Å². The highest BCUT2D eigenvalue weighted by Gasteiger charge is 2.26. The van der Waals surface area contributed by atoms with Crippen molar-refractivity contribution in [2.45, 2.75) is 13.8 Å². The van der Waals surface area contributed by atoms with Gasteiger partial charge in [0.1, 0.15) is 5.75 Å². The van der Waals surface area contributed by atoms with E-state index in [0.717, 1.165) is 0 Å². The summed E-state index contributed by atoms with van der Waals surface area (Å²) in [6.45, 7) is 5.69. The minimum absolute atomic E-state index is 0.117. The molecule has 0 unspecified atom stereocenters. The van der Waals surface area contributed by atoms with Crippen molar-refractivity contribution in [1.82, 2.24) is 9.80 Å². The smallest absolute Gasteiger partial charge is 0.409 e. The Labute approximate surface area is 123 Å². The van der Waals surface area contributed by atoms with Crippen molar-refractivity contribution in [3.05, 3.63) is 29.3 Å².